The molecule has 0 saturated heterocycles. The second-order valence-electron chi connectivity index (χ2n) is 4.64. The predicted octanol–water partition coefficient (Wildman–Crippen LogP) is 1.75. The number of aromatic nitrogens is 1. The van der Waals surface area contributed by atoms with E-state index in [4.69, 9.17) is 4.74 Å². The van der Waals surface area contributed by atoms with Gasteiger partial charge in [0.15, 0.2) is 0 Å². The summed E-state index contributed by atoms with van der Waals surface area (Å²) in [6, 6.07) is 0. The Balaban J connectivity index is 2.50. The van der Waals surface area contributed by atoms with E-state index in [0.717, 1.165) is 10.7 Å². The Bertz CT molecular complexity index is 355. The van der Waals surface area contributed by atoms with Crippen molar-refractivity contribution in [1.29, 1.82) is 0 Å². The quantitative estimate of drug-likeness (QED) is 0.875. The minimum Gasteiger partial charge on any atom is -0.378 e. The summed E-state index contributed by atoms with van der Waals surface area (Å²) in [4.78, 5) is 15.9. The van der Waals surface area contributed by atoms with Gasteiger partial charge in [-0.1, -0.05) is 0 Å². The summed E-state index contributed by atoms with van der Waals surface area (Å²) in [6.45, 7) is 6.39. The number of rotatable bonds is 4. The fourth-order valence-corrected chi connectivity index (χ4v) is 2.01. The third kappa shape index (κ3) is 4.72. The lowest BCUT2D eigenvalue weighted by atomic mass is 10.1. The van der Waals surface area contributed by atoms with Gasteiger partial charge in [0, 0.05) is 18.0 Å². The number of methoxy groups -OCH3 is 1. The average Bonchev–Trinajstić information content (AvgIpc) is 2.49. The molecule has 0 saturated carbocycles. The SMILES string of the molecule is COCc1nc(CC(=O)NC(C)(C)C)cs1. The van der Waals surface area contributed by atoms with Crippen LogP contribution in [-0.4, -0.2) is 23.5 Å². The lowest BCUT2D eigenvalue weighted by Crippen LogP contribution is -2.41. The van der Waals surface area contributed by atoms with Gasteiger partial charge in [-0.2, -0.15) is 0 Å². The van der Waals surface area contributed by atoms with Crippen LogP contribution in [0.15, 0.2) is 5.38 Å². The van der Waals surface area contributed by atoms with E-state index < -0.39 is 0 Å². The molecule has 1 rings (SSSR count). The Labute approximate surface area is 100 Å². The van der Waals surface area contributed by atoms with E-state index in [-0.39, 0.29) is 11.4 Å². The van der Waals surface area contributed by atoms with Gasteiger partial charge in [0.05, 0.1) is 18.7 Å². The fraction of sp³-hybridized carbons (Fsp3) is 0.636. The lowest BCUT2D eigenvalue weighted by Gasteiger charge is -2.20. The van der Waals surface area contributed by atoms with Crippen molar-refractivity contribution < 1.29 is 9.53 Å². The topological polar surface area (TPSA) is 51.2 Å². The van der Waals surface area contributed by atoms with Crippen LogP contribution >= 0.6 is 11.3 Å². The minimum absolute atomic E-state index is 0.00164. The van der Waals surface area contributed by atoms with Crippen molar-refractivity contribution in [3.05, 3.63) is 16.1 Å². The molecule has 0 aliphatic rings. The Morgan fingerprint density at radius 2 is 2.25 bits per heavy atom. The maximum Gasteiger partial charge on any atom is 0.226 e. The molecule has 1 heterocycles. The number of nitrogens with one attached hydrogen (secondary N) is 1. The van der Waals surface area contributed by atoms with E-state index >= 15 is 0 Å². The van der Waals surface area contributed by atoms with Crippen molar-refractivity contribution >= 4 is 17.2 Å². The summed E-state index contributed by atoms with van der Waals surface area (Å²) in [6.07, 6.45) is 0.331. The van der Waals surface area contributed by atoms with Gasteiger partial charge in [-0.15, -0.1) is 11.3 Å². The van der Waals surface area contributed by atoms with E-state index in [0.29, 0.717) is 13.0 Å². The highest BCUT2D eigenvalue weighted by atomic mass is 32.1. The van der Waals surface area contributed by atoms with Crippen molar-refractivity contribution in [2.45, 2.75) is 39.3 Å². The van der Waals surface area contributed by atoms with E-state index in [1.807, 2.05) is 26.2 Å². The van der Waals surface area contributed by atoms with E-state index in [9.17, 15) is 4.79 Å². The van der Waals surface area contributed by atoms with E-state index in [1.54, 1.807) is 7.11 Å². The predicted molar refractivity (Wildman–Crippen MR) is 64.4 cm³/mol. The van der Waals surface area contributed by atoms with Crippen LogP contribution in [0.25, 0.3) is 0 Å². The molecule has 0 fully saturated rings. The zero-order chi connectivity index (χ0) is 12.2. The van der Waals surface area contributed by atoms with Gasteiger partial charge >= 0.3 is 0 Å². The second-order valence-corrected chi connectivity index (χ2v) is 5.58. The van der Waals surface area contributed by atoms with E-state index in [1.165, 1.54) is 11.3 Å². The summed E-state index contributed by atoms with van der Waals surface area (Å²) in [5.74, 6) is 0.00164. The smallest absolute Gasteiger partial charge is 0.226 e. The first-order chi connectivity index (χ1) is 7.40. The molecule has 0 aromatic carbocycles. The van der Waals surface area contributed by atoms with E-state index in [2.05, 4.69) is 10.3 Å². The summed E-state index contributed by atoms with van der Waals surface area (Å²) >= 11 is 1.52. The summed E-state index contributed by atoms with van der Waals surface area (Å²) in [5, 5.41) is 5.71. The van der Waals surface area contributed by atoms with Crippen LogP contribution in [0.4, 0.5) is 0 Å². The van der Waals surface area contributed by atoms with Crippen LogP contribution < -0.4 is 5.32 Å². The Morgan fingerprint density at radius 1 is 1.56 bits per heavy atom. The Morgan fingerprint density at radius 3 is 2.81 bits per heavy atom. The molecule has 0 radical (unpaired) electrons. The molecule has 0 unspecified atom stereocenters. The van der Waals surface area contributed by atoms with Gasteiger partial charge < -0.3 is 10.1 Å². The molecule has 0 aliphatic carbocycles. The highest BCUT2D eigenvalue weighted by Gasteiger charge is 2.15. The van der Waals surface area contributed by atoms with Crippen molar-refractivity contribution in [2.24, 2.45) is 0 Å². The van der Waals surface area contributed by atoms with Gasteiger partial charge in [-0.3, -0.25) is 4.79 Å². The van der Waals surface area contributed by atoms with Crippen LogP contribution in [0.3, 0.4) is 0 Å². The van der Waals surface area contributed by atoms with Crippen LogP contribution in [0.1, 0.15) is 31.5 Å². The first kappa shape index (κ1) is 13.1. The molecule has 5 heteroatoms. The molecule has 0 spiro atoms. The number of nitrogens with zero attached hydrogens (tertiary/aromatic N) is 1. The first-order valence-electron chi connectivity index (χ1n) is 5.14. The monoisotopic (exact) mass is 242 g/mol. The highest BCUT2D eigenvalue weighted by Crippen LogP contribution is 2.11. The third-order valence-electron chi connectivity index (χ3n) is 1.72. The van der Waals surface area contributed by atoms with Crippen LogP contribution in [0, 0.1) is 0 Å². The van der Waals surface area contributed by atoms with Gasteiger partial charge in [-0.25, -0.2) is 4.98 Å². The van der Waals surface area contributed by atoms with Gasteiger partial charge in [0.2, 0.25) is 5.91 Å². The zero-order valence-corrected chi connectivity index (χ0v) is 11.0. The van der Waals surface area contributed by atoms with Gasteiger partial charge in [0.25, 0.3) is 0 Å². The number of hydrogen-bond acceptors (Lipinski definition) is 4. The number of carbonyl (C=O) groups is 1. The molecule has 90 valence electrons. The second kappa shape index (κ2) is 5.41. The molecule has 0 aliphatic heterocycles. The molecule has 1 aromatic heterocycles. The lowest BCUT2D eigenvalue weighted by molar-refractivity contribution is -0.121. The van der Waals surface area contributed by atoms with Crippen molar-refractivity contribution in [3.63, 3.8) is 0 Å². The molecule has 0 bridgehead atoms. The fourth-order valence-electron chi connectivity index (χ4n) is 1.25. The average molecular weight is 242 g/mol. The minimum atomic E-state index is -0.192. The van der Waals surface area contributed by atoms with Crippen molar-refractivity contribution in [2.75, 3.05) is 7.11 Å². The first-order valence-corrected chi connectivity index (χ1v) is 6.02. The largest absolute Gasteiger partial charge is 0.378 e. The van der Waals surface area contributed by atoms with Gasteiger partial charge in [-0.05, 0) is 20.8 Å². The number of thiazole rings is 1. The number of amides is 1. The van der Waals surface area contributed by atoms with Crippen LogP contribution in [-0.2, 0) is 22.6 Å². The maximum absolute atomic E-state index is 11.6. The summed E-state index contributed by atoms with van der Waals surface area (Å²) in [7, 11) is 1.63. The number of hydrogen-bond donors (Lipinski definition) is 1. The van der Waals surface area contributed by atoms with Crippen molar-refractivity contribution in [3.8, 4) is 0 Å². The molecule has 4 nitrogen and oxygen atoms in total. The van der Waals surface area contributed by atoms with Crippen LogP contribution in [0.5, 0.6) is 0 Å². The molecule has 0 atom stereocenters. The molecule has 1 N–H and O–H groups in total. The third-order valence-corrected chi connectivity index (χ3v) is 2.59. The molecular formula is C11H18N2O2S. The van der Waals surface area contributed by atoms with Crippen molar-refractivity contribution in [1.82, 2.24) is 10.3 Å². The molecular weight excluding hydrogens is 224 g/mol. The Hall–Kier alpha value is -0.940. The molecule has 16 heavy (non-hydrogen) atoms. The van der Waals surface area contributed by atoms with Crippen LogP contribution in [0.2, 0.25) is 0 Å². The highest BCUT2D eigenvalue weighted by molar-refractivity contribution is 7.09. The zero-order valence-electron chi connectivity index (χ0n) is 10.2. The molecule has 1 amide bonds. The maximum atomic E-state index is 11.6. The standard InChI is InChI=1S/C11H18N2O2S/c1-11(2,3)13-9(14)5-8-7-16-10(12-8)6-15-4/h7H,5-6H2,1-4H3,(H,13,14). The molecule has 1 aromatic rings. The Kier molecular flexibility index (Phi) is 4.44. The van der Waals surface area contributed by atoms with Gasteiger partial charge in [0.1, 0.15) is 5.01 Å². The number of ether oxygens (including phenoxy) is 1. The summed E-state index contributed by atoms with van der Waals surface area (Å²) in [5.41, 5.74) is 0.612. The summed E-state index contributed by atoms with van der Waals surface area (Å²) < 4.78 is 4.97. The number of carbonyl (C=O) groups excluding carboxylic acids is 1. The normalized spacial score (nSPS) is 11.5.